The normalized spacial score (nSPS) is 37.9. The van der Waals surface area contributed by atoms with Crippen molar-refractivity contribution in [1.29, 1.82) is 0 Å². The predicted molar refractivity (Wildman–Crippen MR) is 234 cm³/mol. The number of pyridine rings is 1. The number of aromatic nitrogens is 1. The van der Waals surface area contributed by atoms with Crippen molar-refractivity contribution >= 4 is 28.7 Å². The number of likely N-dealkylation sites (N-methyl/N-ethyl adjacent to an activating group) is 1. The summed E-state index contributed by atoms with van der Waals surface area (Å²) in [6.07, 6.45) is 0.214. The van der Waals surface area contributed by atoms with Crippen molar-refractivity contribution in [3.63, 3.8) is 0 Å². The van der Waals surface area contributed by atoms with Gasteiger partial charge in [-0.05, 0) is 122 Å². The van der Waals surface area contributed by atoms with Crippen molar-refractivity contribution in [3.8, 4) is 5.75 Å². The number of methoxy groups -OCH3 is 1. The Labute approximate surface area is 368 Å². The zero-order chi connectivity index (χ0) is 45.4. The molecule has 62 heavy (non-hydrogen) atoms. The number of aryl methyl sites for hydroxylation is 1. The van der Waals surface area contributed by atoms with Crippen LogP contribution in [0, 0.1) is 23.7 Å². The first kappa shape index (κ1) is 48.0. The lowest BCUT2D eigenvalue weighted by Gasteiger charge is -2.48. The fraction of sp³-hybridized carbons (Fsp3) is 0.745. The largest absolute Gasteiger partial charge is 0.497 e. The molecule has 2 aromatic rings. The summed E-state index contributed by atoms with van der Waals surface area (Å²) < 4.78 is 31.0. The van der Waals surface area contributed by atoms with Crippen molar-refractivity contribution in [2.24, 2.45) is 23.7 Å². The van der Waals surface area contributed by atoms with Gasteiger partial charge >= 0.3 is 12.1 Å². The van der Waals surface area contributed by atoms with E-state index in [-0.39, 0.29) is 36.4 Å². The van der Waals surface area contributed by atoms with Crippen LogP contribution in [0.4, 0.5) is 4.79 Å². The van der Waals surface area contributed by atoms with Crippen molar-refractivity contribution in [3.05, 3.63) is 36.0 Å². The number of carbonyl (C=O) groups excluding carboxylic acids is 3. The molecule has 1 aromatic carbocycles. The molecule has 5 heterocycles. The zero-order valence-electron chi connectivity index (χ0n) is 39.1. The number of hydrazine groups is 1. The summed E-state index contributed by atoms with van der Waals surface area (Å²) in [6, 6.07) is 6.88. The summed E-state index contributed by atoms with van der Waals surface area (Å²) >= 11 is 0. The second-order valence-electron chi connectivity index (χ2n) is 19.2. The Morgan fingerprint density at radius 2 is 1.76 bits per heavy atom. The van der Waals surface area contributed by atoms with E-state index in [1.165, 1.54) is 6.92 Å². The number of nitrogens with zero attached hydrogens (tertiary/aromatic N) is 5. The molecule has 6 rings (SSSR count). The first-order valence-corrected chi connectivity index (χ1v) is 22.8. The molecule has 0 radical (unpaired) electrons. The molecule has 4 saturated heterocycles. The third-order valence-corrected chi connectivity index (χ3v) is 14.3. The Morgan fingerprint density at radius 3 is 2.42 bits per heavy atom. The highest BCUT2D eigenvalue weighted by atomic mass is 16.7. The van der Waals surface area contributed by atoms with Crippen molar-refractivity contribution < 1.29 is 48.3 Å². The molecule has 4 aliphatic heterocycles. The molecule has 0 aliphatic carbocycles. The Balaban J connectivity index is 1.40. The van der Waals surface area contributed by atoms with Crippen LogP contribution in [0.2, 0.25) is 0 Å². The van der Waals surface area contributed by atoms with Gasteiger partial charge in [0.25, 0.3) is 0 Å². The minimum absolute atomic E-state index is 0.203. The van der Waals surface area contributed by atoms with Gasteiger partial charge in [-0.1, -0.05) is 34.6 Å². The number of rotatable bonds is 11. The minimum Gasteiger partial charge on any atom is -0.497 e. The Morgan fingerprint density at radius 1 is 1.03 bits per heavy atom. The molecule has 1 amide bonds. The highest BCUT2D eigenvalue weighted by Gasteiger charge is 2.63. The number of aliphatic hydroxyl groups excluding tert-OH is 1. The first-order valence-electron chi connectivity index (χ1n) is 22.8. The van der Waals surface area contributed by atoms with E-state index in [1.54, 1.807) is 26.0 Å². The summed E-state index contributed by atoms with van der Waals surface area (Å²) in [7, 11) is 5.41. The molecule has 15 heteroatoms. The molecule has 4 aliphatic rings. The molecule has 0 saturated carbocycles. The number of ether oxygens (including phenoxy) is 5. The van der Waals surface area contributed by atoms with Gasteiger partial charge in [-0.3, -0.25) is 19.5 Å². The number of fused-ring (bicyclic) bond motifs is 2. The van der Waals surface area contributed by atoms with Crippen molar-refractivity contribution in [2.45, 2.75) is 161 Å². The number of esters is 1. The molecular weight excluding hydrogens is 795 g/mol. The molecule has 1 aromatic heterocycles. The van der Waals surface area contributed by atoms with Crippen LogP contribution in [0.15, 0.2) is 30.5 Å². The van der Waals surface area contributed by atoms with E-state index >= 15 is 0 Å². The summed E-state index contributed by atoms with van der Waals surface area (Å²) in [6.45, 7) is 18.6. The number of carbonyl (C=O) groups is 3. The number of hydrogen-bond acceptors (Lipinski definition) is 14. The van der Waals surface area contributed by atoms with Gasteiger partial charge in [-0.2, -0.15) is 0 Å². The average molecular weight is 868 g/mol. The maximum Gasteiger partial charge on any atom is 0.425 e. The Bertz CT molecular complexity index is 1900. The van der Waals surface area contributed by atoms with Gasteiger partial charge in [0.2, 0.25) is 0 Å². The molecule has 0 spiro atoms. The quantitative estimate of drug-likeness (QED) is 0.217. The minimum atomic E-state index is -1.64. The first-order chi connectivity index (χ1) is 29.3. The number of benzene rings is 1. The highest BCUT2D eigenvalue weighted by Crippen LogP contribution is 2.47. The number of amides is 1. The van der Waals surface area contributed by atoms with Crippen LogP contribution in [-0.4, -0.2) is 154 Å². The van der Waals surface area contributed by atoms with Gasteiger partial charge in [0.05, 0.1) is 43.1 Å². The van der Waals surface area contributed by atoms with Gasteiger partial charge in [0.15, 0.2) is 17.7 Å². The highest BCUT2D eigenvalue weighted by molar-refractivity contribution is 6.00. The van der Waals surface area contributed by atoms with Crippen molar-refractivity contribution in [2.75, 3.05) is 41.0 Å². The lowest BCUT2D eigenvalue weighted by atomic mass is 9.71. The van der Waals surface area contributed by atoms with E-state index in [9.17, 15) is 24.6 Å². The van der Waals surface area contributed by atoms with Crippen LogP contribution in [0.3, 0.4) is 0 Å². The third-order valence-electron chi connectivity index (χ3n) is 14.3. The number of ketones is 1. The standard InChI is InChI=1S/C47H73N5O10/c1-13-21-50-26-51(22-15-16-32-19-20-48-35-24-33(58-12)17-18-34(32)35)52-41-29(5)38(50)27(3)25-46(8,57)42(61-44-40(54)36(49(10)11)23-28(4)59-44)30(6)39(53)31(7)43(55)60-37(14-2)47(41,9)62-45(52)56/h17-20,24,27-31,36-38,40-42,44,54,57H,13-16,21-23,25-26H2,1-12H3/t27-,28-,29+,30+,31-,36+,37-,38?,40-,41-,42-,44+,46+,47-/m1/s1. The van der Waals surface area contributed by atoms with E-state index < -0.39 is 71.5 Å². The molecule has 2 bridgehead atoms. The number of cyclic esters (lactones) is 1. The molecule has 15 nitrogen and oxygen atoms in total. The summed E-state index contributed by atoms with van der Waals surface area (Å²) in [5.74, 6) is -3.16. The SMILES string of the molecule is CCCN1CN(CCCc2ccnc3cc(OC)ccc23)N2C(=O)O[C@]3(C)[C@@H](CC)OC(=O)[C@H](C)C(=O)[C@H](C)[C@@H](O[C@@H]4O[C@H](C)C[C@H](N(C)C)[C@H]4O)[C@@](C)(O)C[C@@H](C)C1[C@H](C)[C@@H]23. The van der Waals surface area contributed by atoms with Crippen LogP contribution < -0.4 is 4.74 Å². The molecule has 4 fully saturated rings. The maximum absolute atomic E-state index is 14.5. The summed E-state index contributed by atoms with van der Waals surface area (Å²) in [5, 5.41) is 29.2. The monoisotopic (exact) mass is 868 g/mol. The molecule has 346 valence electrons. The lowest BCUT2D eigenvalue weighted by molar-refractivity contribution is -0.293. The van der Waals surface area contributed by atoms with E-state index in [1.807, 2.05) is 70.2 Å². The molecular formula is C47H73N5O10. The second-order valence-corrected chi connectivity index (χ2v) is 19.2. The maximum atomic E-state index is 14.5. The molecule has 2 N–H and O–H groups in total. The van der Waals surface area contributed by atoms with E-state index in [0.717, 1.165) is 35.1 Å². The number of hydrogen-bond donors (Lipinski definition) is 2. The van der Waals surface area contributed by atoms with Gasteiger partial charge in [0, 0.05) is 42.2 Å². The Hall–Kier alpha value is -3.44. The van der Waals surface area contributed by atoms with E-state index in [4.69, 9.17) is 23.7 Å². The zero-order valence-corrected chi connectivity index (χ0v) is 39.1. The van der Waals surface area contributed by atoms with E-state index in [0.29, 0.717) is 39.0 Å². The fourth-order valence-corrected chi connectivity index (χ4v) is 11.4. The summed E-state index contributed by atoms with van der Waals surface area (Å²) in [4.78, 5) is 51.9. The predicted octanol–water partition coefficient (Wildman–Crippen LogP) is 5.43. The topological polar surface area (TPSA) is 164 Å². The third kappa shape index (κ3) is 9.36. The fourth-order valence-electron chi connectivity index (χ4n) is 11.4. The Kier molecular flexibility index (Phi) is 15.0. The van der Waals surface area contributed by atoms with Crippen molar-refractivity contribution in [1.82, 2.24) is 24.8 Å². The molecule has 14 atom stereocenters. The number of Topliss-reactive ketones (excluding diaryl/α,β-unsaturated/α-hetero) is 1. The second kappa shape index (κ2) is 19.3. The van der Waals surface area contributed by atoms with Gasteiger partial charge in [0.1, 0.15) is 23.9 Å². The van der Waals surface area contributed by atoms with Crippen LogP contribution in [0.5, 0.6) is 5.75 Å². The van der Waals surface area contributed by atoms with E-state index in [2.05, 4.69) is 35.7 Å². The smallest absolute Gasteiger partial charge is 0.425 e. The number of aliphatic hydroxyl groups is 2. The lowest BCUT2D eigenvalue weighted by Crippen LogP contribution is -2.61. The molecule has 1 unspecified atom stereocenters. The van der Waals surface area contributed by atoms with Crippen LogP contribution in [0.1, 0.15) is 100.0 Å². The van der Waals surface area contributed by atoms with Gasteiger partial charge < -0.3 is 38.8 Å². The van der Waals surface area contributed by atoms with Crippen LogP contribution in [-0.2, 0) is 35.0 Å². The van der Waals surface area contributed by atoms with Crippen LogP contribution >= 0.6 is 0 Å². The van der Waals surface area contributed by atoms with Crippen LogP contribution in [0.25, 0.3) is 10.9 Å². The average Bonchev–Trinajstić information content (AvgIpc) is 3.42. The van der Waals surface area contributed by atoms with Gasteiger partial charge in [-0.25, -0.2) is 14.8 Å². The van der Waals surface area contributed by atoms with Gasteiger partial charge in [-0.15, -0.1) is 0 Å². The summed E-state index contributed by atoms with van der Waals surface area (Å²) in [5.41, 5.74) is -0.928.